The first kappa shape index (κ1) is 20.1. The fraction of sp³-hybridized carbons (Fsp3) is 0.318. The van der Waals surface area contributed by atoms with Crippen molar-refractivity contribution >= 4 is 0 Å². The largest absolute Gasteiger partial charge is 0.573 e. The predicted octanol–water partition coefficient (Wildman–Crippen LogP) is 5.24. The number of hydrogen-bond acceptors (Lipinski definition) is 5. The molecule has 0 amide bonds. The summed E-state index contributed by atoms with van der Waals surface area (Å²) in [4.78, 5) is 13.0. The molecule has 0 radical (unpaired) electrons. The average molecular weight is 415 g/mol. The molecule has 2 heterocycles. The summed E-state index contributed by atoms with van der Waals surface area (Å²) in [5.74, 6) is 1.22. The topological polar surface area (TPSA) is 57.1 Å². The summed E-state index contributed by atoms with van der Waals surface area (Å²) in [7, 11) is 0. The molecule has 2 aromatic heterocycles. The van der Waals surface area contributed by atoms with Crippen LogP contribution in [-0.4, -0.2) is 27.9 Å². The van der Waals surface area contributed by atoms with Crippen LogP contribution in [0.25, 0.3) is 11.1 Å². The molecule has 1 saturated carbocycles. The highest BCUT2D eigenvalue weighted by atomic mass is 19.4. The summed E-state index contributed by atoms with van der Waals surface area (Å²) in [6, 6.07) is 9.77. The minimum absolute atomic E-state index is 0.306. The standard InChI is InChI=1S/C22H20F3N3O2/c1-13-6-7-20(27-10-13)18-9-16(18)12-29-21-19(11-26-14(2)28-21)15-4-3-5-17(8-15)30-22(23,24)25/h3-8,10-11,16,18H,9,12H2,1-2H3/t16-,18?/m1/s1. The zero-order valence-electron chi connectivity index (χ0n) is 16.5. The van der Waals surface area contributed by atoms with E-state index in [4.69, 9.17) is 4.74 Å². The van der Waals surface area contributed by atoms with Gasteiger partial charge in [0.05, 0.1) is 12.2 Å². The third-order valence-electron chi connectivity index (χ3n) is 4.92. The third-order valence-corrected chi connectivity index (χ3v) is 4.92. The molecule has 0 saturated heterocycles. The Hall–Kier alpha value is -3.16. The zero-order valence-corrected chi connectivity index (χ0v) is 16.5. The van der Waals surface area contributed by atoms with Crippen LogP contribution in [0.4, 0.5) is 13.2 Å². The summed E-state index contributed by atoms with van der Waals surface area (Å²) >= 11 is 0. The molecule has 5 nitrogen and oxygen atoms in total. The van der Waals surface area contributed by atoms with Crippen LogP contribution in [0.2, 0.25) is 0 Å². The molecule has 1 aliphatic carbocycles. The van der Waals surface area contributed by atoms with Gasteiger partial charge in [0.1, 0.15) is 11.6 Å². The number of ether oxygens (including phenoxy) is 2. The summed E-state index contributed by atoms with van der Waals surface area (Å²) < 4.78 is 47.6. The molecule has 0 spiro atoms. The number of nitrogens with zero attached hydrogens (tertiary/aromatic N) is 3. The molecule has 2 atom stereocenters. The number of halogens is 3. The van der Waals surface area contributed by atoms with Crippen molar-refractivity contribution in [2.75, 3.05) is 6.61 Å². The van der Waals surface area contributed by atoms with Crippen molar-refractivity contribution in [3.8, 4) is 22.8 Å². The molecule has 0 N–H and O–H groups in total. The SMILES string of the molecule is Cc1ccc(C2C[C@@H]2COc2nc(C)ncc2-c2cccc(OC(F)(F)F)c2)nc1. The Labute approximate surface area is 171 Å². The molecule has 3 aromatic rings. The smallest absolute Gasteiger partial charge is 0.477 e. The second-order valence-corrected chi connectivity index (χ2v) is 7.39. The number of hydrogen-bond donors (Lipinski definition) is 0. The molecule has 1 fully saturated rings. The molecule has 0 aliphatic heterocycles. The highest BCUT2D eigenvalue weighted by Crippen LogP contribution is 2.47. The van der Waals surface area contributed by atoms with Crippen molar-refractivity contribution in [3.63, 3.8) is 0 Å². The van der Waals surface area contributed by atoms with Crippen molar-refractivity contribution < 1.29 is 22.6 Å². The van der Waals surface area contributed by atoms with Gasteiger partial charge in [-0.1, -0.05) is 18.2 Å². The van der Waals surface area contributed by atoms with Gasteiger partial charge in [-0.15, -0.1) is 13.2 Å². The Bertz CT molecular complexity index is 1040. The summed E-state index contributed by atoms with van der Waals surface area (Å²) in [6.07, 6.45) is -0.374. The molecule has 1 aliphatic rings. The van der Waals surface area contributed by atoms with Gasteiger partial charge in [-0.2, -0.15) is 4.98 Å². The van der Waals surface area contributed by atoms with E-state index in [9.17, 15) is 13.2 Å². The second-order valence-electron chi connectivity index (χ2n) is 7.39. The van der Waals surface area contributed by atoms with Crippen molar-refractivity contribution in [2.24, 2.45) is 5.92 Å². The first-order valence-corrected chi connectivity index (χ1v) is 9.53. The Morgan fingerprint density at radius 2 is 1.90 bits per heavy atom. The van der Waals surface area contributed by atoms with Crippen molar-refractivity contribution in [3.05, 3.63) is 65.9 Å². The maximum Gasteiger partial charge on any atom is 0.573 e. The lowest BCUT2D eigenvalue weighted by Crippen LogP contribution is -2.17. The van der Waals surface area contributed by atoms with E-state index in [1.54, 1.807) is 19.2 Å². The molecule has 0 bridgehead atoms. The van der Waals surface area contributed by atoms with E-state index in [-0.39, 0.29) is 5.75 Å². The lowest BCUT2D eigenvalue weighted by atomic mass is 10.1. The normalized spacial score (nSPS) is 18.2. The molecular weight excluding hydrogens is 395 g/mol. The monoisotopic (exact) mass is 415 g/mol. The first-order chi connectivity index (χ1) is 14.3. The molecule has 30 heavy (non-hydrogen) atoms. The van der Waals surface area contributed by atoms with E-state index in [1.165, 1.54) is 18.2 Å². The van der Waals surface area contributed by atoms with E-state index < -0.39 is 6.36 Å². The number of aromatic nitrogens is 3. The summed E-state index contributed by atoms with van der Waals surface area (Å²) in [6.45, 7) is 4.18. The van der Waals surface area contributed by atoms with Crippen LogP contribution in [-0.2, 0) is 0 Å². The molecule has 156 valence electrons. The van der Waals surface area contributed by atoms with Crippen LogP contribution in [0.1, 0.15) is 29.4 Å². The molecule has 1 aromatic carbocycles. The van der Waals surface area contributed by atoms with Crippen LogP contribution in [0.15, 0.2) is 48.8 Å². The first-order valence-electron chi connectivity index (χ1n) is 9.53. The average Bonchev–Trinajstić information content (AvgIpc) is 3.45. The van der Waals surface area contributed by atoms with Crippen LogP contribution in [0.3, 0.4) is 0 Å². The Kier molecular flexibility index (Phi) is 5.32. The Morgan fingerprint density at radius 1 is 1.07 bits per heavy atom. The highest BCUT2D eigenvalue weighted by molar-refractivity contribution is 5.69. The maximum atomic E-state index is 12.5. The fourth-order valence-corrected chi connectivity index (χ4v) is 3.30. The number of alkyl halides is 3. The van der Waals surface area contributed by atoms with E-state index in [2.05, 4.69) is 19.7 Å². The molecule has 4 rings (SSSR count). The van der Waals surface area contributed by atoms with E-state index in [0.29, 0.717) is 41.3 Å². The molecule has 8 heteroatoms. The number of aryl methyl sites for hydroxylation is 2. The van der Waals surface area contributed by atoms with Gasteiger partial charge in [0.2, 0.25) is 5.88 Å². The van der Waals surface area contributed by atoms with E-state index >= 15 is 0 Å². The van der Waals surface area contributed by atoms with Gasteiger partial charge in [-0.05, 0) is 49.6 Å². The van der Waals surface area contributed by atoms with Crippen LogP contribution < -0.4 is 9.47 Å². The lowest BCUT2D eigenvalue weighted by Gasteiger charge is -2.13. The van der Waals surface area contributed by atoms with Crippen molar-refractivity contribution in [1.29, 1.82) is 0 Å². The van der Waals surface area contributed by atoms with Gasteiger partial charge in [-0.3, -0.25) is 4.98 Å². The second kappa shape index (κ2) is 7.93. The van der Waals surface area contributed by atoms with Crippen LogP contribution in [0, 0.1) is 19.8 Å². The minimum atomic E-state index is -4.76. The van der Waals surface area contributed by atoms with Crippen LogP contribution >= 0.6 is 0 Å². The van der Waals surface area contributed by atoms with Gasteiger partial charge in [-0.25, -0.2) is 4.98 Å². The van der Waals surface area contributed by atoms with Gasteiger partial charge in [0, 0.05) is 29.9 Å². The van der Waals surface area contributed by atoms with Crippen LogP contribution in [0.5, 0.6) is 11.6 Å². The number of pyridine rings is 1. The van der Waals surface area contributed by atoms with E-state index in [1.807, 2.05) is 25.3 Å². The van der Waals surface area contributed by atoms with Crippen molar-refractivity contribution in [1.82, 2.24) is 15.0 Å². The Balaban J connectivity index is 1.49. The van der Waals surface area contributed by atoms with Crippen molar-refractivity contribution in [2.45, 2.75) is 32.5 Å². The predicted molar refractivity (Wildman–Crippen MR) is 104 cm³/mol. The minimum Gasteiger partial charge on any atom is -0.477 e. The summed E-state index contributed by atoms with van der Waals surface area (Å²) in [5.41, 5.74) is 3.16. The highest BCUT2D eigenvalue weighted by Gasteiger charge is 2.40. The summed E-state index contributed by atoms with van der Waals surface area (Å²) in [5, 5.41) is 0. The van der Waals surface area contributed by atoms with Gasteiger partial charge in [0.15, 0.2) is 0 Å². The molecular formula is C22H20F3N3O2. The number of rotatable bonds is 6. The maximum absolute atomic E-state index is 12.5. The van der Waals surface area contributed by atoms with Gasteiger partial charge in [0.25, 0.3) is 0 Å². The van der Waals surface area contributed by atoms with E-state index in [0.717, 1.165) is 17.7 Å². The van der Waals surface area contributed by atoms with Gasteiger partial charge >= 0.3 is 6.36 Å². The molecule has 1 unspecified atom stereocenters. The fourth-order valence-electron chi connectivity index (χ4n) is 3.30. The number of benzene rings is 1. The lowest BCUT2D eigenvalue weighted by molar-refractivity contribution is -0.274. The zero-order chi connectivity index (χ0) is 21.3. The van der Waals surface area contributed by atoms with Gasteiger partial charge < -0.3 is 9.47 Å². The Morgan fingerprint density at radius 3 is 2.63 bits per heavy atom. The third kappa shape index (κ3) is 4.87. The quantitative estimate of drug-likeness (QED) is 0.551.